The highest BCUT2D eigenvalue weighted by Gasteiger charge is 2.19. The molecule has 1 rings (SSSR count). The van der Waals surface area contributed by atoms with Crippen LogP contribution in [0.1, 0.15) is 0 Å². The second kappa shape index (κ2) is 3.70. The molecule has 1 heterocycles. The predicted octanol–water partition coefficient (Wildman–Crippen LogP) is 1.01. The van der Waals surface area contributed by atoms with Crippen LogP contribution in [0.3, 0.4) is 0 Å². The molecule has 0 aliphatic rings. The quantitative estimate of drug-likeness (QED) is 0.517. The maximum atomic E-state index is 10.5. The smallest absolute Gasteiger partial charge is 0.318 e. The van der Waals surface area contributed by atoms with Gasteiger partial charge in [-0.3, -0.25) is 10.1 Å². The Morgan fingerprint density at radius 2 is 2.15 bits per heavy atom. The topological polar surface area (TPSA) is 74.5 Å². The molecule has 1 aromatic heterocycles. The fourth-order valence-electron chi connectivity index (χ4n) is 0.900. The van der Waals surface area contributed by atoms with Crippen molar-refractivity contribution in [1.29, 1.82) is 0 Å². The van der Waals surface area contributed by atoms with Gasteiger partial charge in [0.1, 0.15) is 0 Å². The number of nitro groups is 1. The van der Waals surface area contributed by atoms with Gasteiger partial charge in [0.2, 0.25) is 0 Å². The van der Waals surface area contributed by atoms with E-state index in [1.54, 1.807) is 0 Å². The van der Waals surface area contributed by atoms with E-state index in [0.717, 1.165) is 0 Å². The number of aromatic nitrogens is 1. The summed E-state index contributed by atoms with van der Waals surface area (Å²) in [5.74, 6) is 0.145. The molecule has 0 atom stereocenters. The molecular formula is C7H8N2O4. The van der Waals surface area contributed by atoms with Gasteiger partial charge < -0.3 is 9.47 Å². The lowest BCUT2D eigenvalue weighted by atomic mass is 10.4. The summed E-state index contributed by atoms with van der Waals surface area (Å²) in [4.78, 5) is 13.7. The van der Waals surface area contributed by atoms with Crippen molar-refractivity contribution in [3.05, 3.63) is 22.4 Å². The van der Waals surface area contributed by atoms with E-state index in [0.29, 0.717) is 0 Å². The molecule has 0 saturated carbocycles. The Balaban J connectivity index is 3.27. The minimum Gasteiger partial charge on any atom is -0.486 e. The highest BCUT2D eigenvalue weighted by molar-refractivity contribution is 5.51. The van der Waals surface area contributed by atoms with E-state index in [9.17, 15) is 10.1 Å². The van der Waals surface area contributed by atoms with Crippen molar-refractivity contribution in [2.45, 2.75) is 0 Å². The first-order valence-electron chi connectivity index (χ1n) is 3.42. The standard InChI is InChI=1S/C7H8N2O4/c1-12-6-5(9(10)11)3-4-8-7(6)13-2/h3-4H,1-2H3. The van der Waals surface area contributed by atoms with Crippen molar-refractivity contribution in [2.75, 3.05) is 14.2 Å². The zero-order valence-corrected chi connectivity index (χ0v) is 7.18. The summed E-state index contributed by atoms with van der Waals surface area (Å²) in [6, 6.07) is 1.25. The Morgan fingerprint density at radius 1 is 1.46 bits per heavy atom. The van der Waals surface area contributed by atoms with Crippen LogP contribution < -0.4 is 9.47 Å². The summed E-state index contributed by atoms with van der Waals surface area (Å²) in [6.45, 7) is 0. The van der Waals surface area contributed by atoms with Crippen LogP contribution in [-0.4, -0.2) is 24.1 Å². The third-order valence-corrected chi connectivity index (χ3v) is 1.45. The molecule has 1 aromatic rings. The monoisotopic (exact) mass is 184 g/mol. The van der Waals surface area contributed by atoms with Crippen molar-refractivity contribution in [2.24, 2.45) is 0 Å². The highest BCUT2D eigenvalue weighted by atomic mass is 16.6. The molecule has 0 N–H and O–H groups in total. The summed E-state index contributed by atoms with van der Waals surface area (Å²) in [5.41, 5.74) is -0.158. The van der Waals surface area contributed by atoms with Crippen LogP contribution in [0.5, 0.6) is 11.6 Å². The van der Waals surface area contributed by atoms with Crippen molar-refractivity contribution in [3.8, 4) is 11.6 Å². The van der Waals surface area contributed by atoms with Crippen molar-refractivity contribution in [3.63, 3.8) is 0 Å². The normalized spacial score (nSPS) is 9.38. The van der Waals surface area contributed by atoms with Crippen molar-refractivity contribution >= 4 is 5.69 Å². The Bertz CT molecular complexity index is 326. The Labute approximate surface area is 74.3 Å². The van der Waals surface area contributed by atoms with Crippen LogP contribution in [-0.2, 0) is 0 Å². The van der Waals surface area contributed by atoms with Crippen LogP contribution in [0.4, 0.5) is 5.69 Å². The predicted molar refractivity (Wildman–Crippen MR) is 44.0 cm³/mol. The molecule has 0 unspecified atom stereocenters. The fraction of sp³-hybridized carbons (Fsp3) is 0.286. The van der Waals surface area contributed by atoms with Gasteiger partial charge in [-0.25, -0.2) is 4.98 Å². The van der Waals surface area contributed by atoms with Gasteiger partial charge in [0, 0.05) is 12.3 Å². The first kappa shape index (κ1) is 9.24. The van der Waals surface area contributed by atoms with Crippen LogP contribution in [0.2, 0.25) is 0 Å². The largest absolute Gasteiger partial charge is 0.486 e. The molecule has 6 heteroatoms. The average Bonchev–Trinajstić information content (AvgIpc) is 2.16. The first-order chi connectivity index (χ1) is 6.20. The number of hydrogen-bond donors (Lipinski definition) is 0. The van der Waals surface area contributed by atoms with E-state index in [2.05, 4.69) is 4.98 Å². The van der Waals surface area contributed by atoms with Gasteiger partial charge in [0.05, 0.1) is 19.1 Å². The summed E-state index contributed by atoms with van der Waals surface area (Å²) in [7, 11) is 2.70. The van der Waals surface area contributed by atoms with E-state index in [1.807, 2.05) is 0 Å². The number of pyridine rings is 1. The van der Waals surface area contributed by atoms with Crippen LogP contribution in [0, 0.1) is 10.1 Å². The lowest BCUT2D eigenvalue weighted by molar-refractivity contribution is -0.385. The summed E-state index contributed by atoms with van der Waals surface area (Å²) >= 11 is 0. The van der Waals surface area contributed by atoms with Gasteiger partial charge >= 0.3 is 5.69 Å². The zero-order chi connectivity index (χ0) is 9.84. The maximum Gasteiger partial charge on any atom is 0.318 e. The molecular weight excluding hydrogens is 176 g/mol. The molecule has 0 fully saturated rings. The van der Waals surface area contributed by atoms with E-state index < -0.39 is 4.92 Å². The molecule has 70 valence electrons. The number of nitrogens with zero attached hydrogens (tertiary/aromatic N) is 2. The fourth-order valence-corrected chi connectivity index (χ4v) is 0.900. The molecule has 0 radical (unpaired) electrons. The number of methoxy groups -OCH3 is 2. The summed E-state index contributed by atoms with van der Waals surface area (Å²) in [5, 5.41) is 10.5. The Hall–Kier alpha value is -1.85. The third kappa shape index (κ3) is 1.66. The second-order valence-corrected chi connectivity index (χ2v) is 2.13. The van der Waals surface area contributed by atoms with E-state index in [-0.39, 0.29) is 17.3 Å². The highest BCUT2D eigenvalue weighted by Crippen LogP contribution is 2.33. The molecule has 6 nitrogen and oxygen atoms in total. The van der Waals surface area contributed by atoms with Crippen LogP contribution in [0.25, 0.3) is 0 Å². The van der Waals surface area contributed by atoms with Gasteiger partial charge in [-0.1, -0.05) is 0 Å². The average molecular weight is 184 g/mol. The maximum absolute atomic E-state index is 10.5. The molecule has 0 aliphatic carbocycles. The van der Waals surface area contributed by atoms with Gasteiger partial charge in [0.25, 0.3) is 11.6 Å². The molecule has 0 bridgehead atoms. The number of hydrogen-bond acceptors (Lipinski definition) is 5. The minimum absolute atomic E-state index is 0.0370. The van der Waals surface area contributed by atoms with E-state index in [1.165, 1.54) is 26.5 Å². The number of ether oxygens (including phenoxy) is 2. The summed E-state index contributed by atoms with van der Waals surface area (Å²) in [6.07, 6.45) is 1.29. The van der Waals surface area contributed by atoms with Crippen LogP contribution >= 0.6 is 0 Å². The second-order valence-electron chi connectivity index (χ2n) is 2.13. The van der Waals surface area contributed by atoms with Gasteiger partial charge in [-0.2, -0.15) is 0 Å². The van der Waals surface area contributed by atoms with Gasteiger partial charge in [0.15, 0.2) is 0 Å². The molecule has 0 saturated heterocycles. The molecule has 0 aliphatic heterocycles. The Morgan fingerprint density at radius 3 is 2.62 bits per heavy atom. The molecule has 0 aromatic carbocycles. The van der Waals surface area contributed by atoms with Gasteiger partial charge in [-0.15, -0.1) is 0 Å². The van der Waals surface area contributed by atoms with Crippen molar-refractivity contribution in [1.82, 2.24) is 4.98 Å². The first-order valence-corrected chi connectivity index (χ1v) is 3.42. The number of rotatable bonds is 3. The van der Waals surface area contributed by atoms with Gasteiger partial charge in [-0.05, 0) is 0 Å². The minimum atomic E-state index is -0.553. The van der Waals surface area contributed by atoms with E-state index in [4.69, 9.17) is 9.47 Å². The zero-order valence-electron chi connectivity index (χ0n) is 7.18. The lowest BCUT2D eigenvalue weighted by Crippen LogP contribution is -1.98. The summed E-state index contributed by atoms with van der Waals surface area (Å²) < 4.78 is 9.59. The van der Waals surface area contributed by atoms with Crippen molar-refractivity contribution < 1.29 is 14.4 Å². The van der Waals surface area contributed by atoms with E-state index >= 15 is 0 Å². The third-order valence-electron chi connectivity index (χ3n) is 1.45. The lowest BCUT2D eigenvalue weighted by Gasteiger charge is -2.04. The molecule has 0 spiro atoms. The molecule has 13 heavy (non-hydrogen) atoms. The SMILES string of the molecule is COc1nccc([N+](=O)[O-])c1OC. The van der Waals surface area contributed by atoms with Crippen LogP contribution in [0.15, 0.2) is 12.3 Å². The molecule has 0 amide bonds. The Kier molecular flexibility index (Phi) is 2.63.